The zero-order valence-electron chi connectivity index (χ0n) is 11.9. The van der Waals surface area contributed by atoms with Gasteiger partial charge in [-0.3, -0.25) is 4.90 Å². The minimum absolute atomic E-state index is 0.760. The van der Waals surface area contributed by atoms with Crippen LogP contribution in [-0.2, 0) is 6.42 Å². The Bertz CT molecular complexity index is 370. The van der Waals surface area contributed by atoms with Crippen molar-refractivity contribution in [2.24, 2.45) is 0 Å². The quantitative estimate of drug-likeness (QED) is 0.893. The van der Waals surface area contributed by atoms with Crippen molar-refractivity contribution in [1.29, 1.82) is 0 Å². The van der Waals surface area contributed by atoms with Crippen molar-refractivity contribution in [3.63, 3.8) is 0 Å². The Hall–Kier alpha value is -0.860. The number of nitrogens with one attached hydrogen (secondary N) is 1. The number of likely N-dealkylation sites (tertiary alicyclic amines) is 1. The summed E-state index contributed by atoms with van der Waals surface area (Å²) in [4.78, 5) is 2.75. The fourth-order valence-corrected chi connectivity index (χ4v) is 3.71. The van der Waals surface area contributed by atoms with Crippen LogP contribution in [0.25, 0.3) is 0 Å². The molecule has 2 aliphatic heterocycles. The van der Waals surface area contributed by atoms with Crippen molar-refractivity contribution in [2.75, 3.05) is 19.6 Å². The number of hydrogen-bond donors (Lipinski definition) is 1. The van der Waals surface area contributed by atoms with E-state index in [2.05, 4.69) is 40.5 Å². The SMILES string of the molecule is c1ccc(CCN2CCCCC2C2CCCN2)cc1. The minimum atomic E-state index is 0.760. The maximum Gasteiger partial charge on any atom is 0.0249 e. The van der Waals surface area contributed by atoms with Gasteiger partial charge in [-0.25, -0.2) is 0 Å². The molecule has 2 nitrogen and oxygen atoms in total. The smallest absolute Gasteiger partial charge is 0.0249 e. The molecular weight excluding hydrogens is 232 g/mol. The lowest BCUT2D eigenvalue weighted by Gasteiger charge is -2.39. The molecule has 2 atom stereocenters. The van der Waals surface area contributed by atoms with E-state index in [0.717, 1.165) is 12.1 Å². The Kier molecular flexibility index (Phi) is 4.52. The van der Waals surface area contributed by atoms with Crippen molar-refractivity contribution < 1.29 is 0 Å². The largest absolute Gasteiger partial charge is 0.312 e. The Morgan fingerprint density at radius 2 is 1.95 bits per heavy atom. The highest BCUT2D eigenvalue weighted by molar-refractivity contribution is 5.15. The van der Waals surface area contributed by atoms with E-state index in [1.807, 2.05) is 0 Å². The molecule has 2 unspecified atom stereocenters. The van der Waals surface area contributed by atoms with E-state index in [-0.39, 0.29) is 0 Å². The molecule has 0 bridgehead atoms. The first-order valence-corrected chi connectivity index (χ1v) is 7.95. The van der Waals surface area contributed by atoms with E-state index in [9.17, 15) is 0 Å². The van der Waals surface area contributed by atoms with Gasteiger partial charge in [0, 0.05) is 18.6 Å². The number of benzene rings is 1. The lowest BCUT2D eigenvalue weighted by Crippen LogP contribution is -2.50. The maximum atomic E-state index is 3.71. The Labute approximate surface area is 117 Å². The first-order chi connectivity index (χ1) is 9.43. The van der Waals surface area contributed by atoms with E-state index in [4.69, 9.17) is 0 Å². The second kappa shape index (κ2) is 6.53. The lowest BCUT2D eigenvalue weighted by atomic mass is 9.94. The van der Waals surface area contributed by atoms with Crippen molar-refractivity contribution in [3.05, 3.63) is 35.9 Å². The molecule has 0 aliphatic carbocycles. The fourth-order valence-electron chi connectivity index (χ4n) is 3.71. The van der Waals surface area contributed by atoms with Crippen molar-refractivity contribution in [1.82, 2.24) is 10.2 Å². The van der Waals surface area contributed by atoms with Crippen molar-refractivity contribution in [2.45, 2.75) is 50.6 Å². The Morgan fingerprint density at radius 3 is 2.74 bits per heavy atom. The molecule has 2 fully saturated rings. The Morgan fingerprint density at radius 1 is 1.05 bits per heavy atom. The highest BCUT2D eigenvalue weighted by Crippen LogP contribution is 2.24. The van der Waals surface area contributed by atoms with Gasteiger partial charge in [-0.05, 0) is 50.8 Å². The van der Waals surface area contributed by atoms with Gasteiger partial charge < -0.3 is 5.32 Å². The third-order valence-electron chi connectivity index (χ3n) is 4.76. The normalized spacial score (nSPS) is 28.6. The molecule has 0 spiro atoms. The van der Waals surface area contributed by atoms with E-state index < -0.39 is 0 Å². The molecular formula is C17H26N2. The van der Waals surface area contributed by atoms with Crippen LogP contribution in [0.2, 0.25) is 0 Å². The summed E-state index contributed by atoms with van der Waals surface area (Å²) in [5.74, 6) is 0. The minimum Gasteiger partial charge on any atom is -0.312 e. The second-order valence-corrected chi connectivity index (χ2v) is 6.04. The molecule has 104 valence electrons. The molecule has 0 aromatic heterocycles. The van der Waals surface area contributed by atoms with Crippen molar-refractivity contribution >= 4 is 0 Å². The van der Waals surface area contributed by atoms with Crippen LogP contribution in [0.3, 0.4) is 0 Å². The van der Waals surface area contributed by atoms with E-state index >= 15 is 0 Å². The van der Waals surface area contributed by atoms with Gasteiger partial charge in [0.05, 0.1) is 0 Å². The zero-order valence-corrected chi connectivity index (χ0v) is 11.9. The topological polar surface area (TPSA) is 15.3 Å². The summed E-state index contributed by atoms with van der Waals surface area (Å²) >= 11 is 0. The average molecular weight is 258 g/mol. The van der Waals surface area contributed by atoms with Gasteiger partial charge >= 0.3 is 0 Å². The van der Waals surface area contributed by atoms with Gasteiger partial charge in [0.2, 0.25) is 0 Å². The van der Waals surface area contributed by atoms with Crippen molar-refractivity contribution in [3.8, 4) is 0 Å². The monoisotopic (exact) mass is 258 g/mol. The standard InChI is InChI=1S/C17H26N2/c1-2-7-15(8-3-1)11-14-19-13-5-4-10-17(19)16-9-6-12-18-16/h1-3,7-8,16-18H,4-6,9-14H2. The third kappa shape index (κ3) is 3.37. The zero-order chi connectivity index (χ0) is 12.9. The average Bonchev–Trinajstić information content (AvgIpc) is 3.01. The van der Waals surface area contributed by atoms with Crippen LogP contribution in [0.1, 0.15) is 37.7 Å². The van der Waals surface area contributed by atoms with Crippen LogP contribution in [0, 0.1) is 0 Å². The summed E-state index contributed by atoms with van der Waals surface area (Å²) in [7, 11) is 0. The van der Waals surface area contributed by atoms with Gasteiger partial charge in [0.25, 0.3) is 0 Å². The molecule has 1 N–H and O–H groups in total. The fraction of sp³-hybridized carbons (Fsp3) is 0.647. The third-order valence-corrected chi connectivity index (χ3v) is 4.76. The van der Waals surface area contributed by atoms with E-state index in [1.54, 1.807) is 0 Å². The first-order valence-electron chi connectivity index (χ1n) is 7.95. The molecule has 0 radical (unpaired) electrons. The number of piperidine rings is 1. The molecule has 2 aliphatic rings. The molecule has 0 saturated carbocycles. The number of nitrogens with zero attached hydrogens (tertiary/aromatic N) is 1. The van der Waals surface area contributed by atoms with Gasteiger partial charge in [-0.15, -0.1) is 0 Å². The van der Waals surface area contributed by atoms with E-state index in [0.29, 0.717) is 0 Å². The summed E-state index contributed by atoms with van der Waals surface area (Å²) in [6.07, 6.45) is 8.15. The van der Waals surface area contributed by atoms with Crippen LogP contribution in [0.4, 0.5) is 0 Å². The van der Waals surface area contributed by atoms with Gasteiger partial charge in [-0.1, -0.05) is 36.8 Å². The predicted octanol–water partition coefficient (Wildman–Crippen LogP) is 2.84. The van der Waals surface area contributed by atoms with Crippen LogP contribution in [0.5, 0.6) is 0 Å². The number of hydrogen-bond acceptors (Lipinski definition) is 2. The molecule has 19 heavy (non-hydrogen) atoms. The summed E-state index contributed by atoms with van der Waals surface area (Å²) in [6.45, 7) is 3.76. The summed E-state index contributed by atoms with van der Waals surface area (Å²) in [6, 6.07) is 12.5. The first kappa shape index (κ1) is 13.1. The van der Waals surface area contributed by atoms with Gasteiger partial charge in [0.15, 0.2) is 0 Å². The summed E-state index contributed by atoms with van der Waals surface area (Å²) in [5.41, 5.74) is 1.48. The maximum absolute atomic E-state index is 3.71. The van der Waals surface area contributed by atoms with Gasteiger partial charge in [-0.2, -0.15) is 0 Å². The lowest BCUT2D eigenvalue weighted by molar-refractivity contribution is 0.121. The molecule has 2 heterocycles. The van der Waals surface area contributed by atoms with Crippen LogP contribution in [-0.4, -0.2) is 36.6 Å². The summed E-state index contributed by atoms with van der Waals surface area (Å²) in [5, 5.41) is 3.71. The van der Waals surface area contributed by atoms with E-state index in [1.165, 1.54) is 63.7 Å². The van der Waals surface area contributed by atoms with Crippen LogP contribution in [0.15, 0.2) is 30.3 Å². The molecule has 1 aromatic carbocycles. The highest BCUT2D eigenvalue weighted by Gasteiger charge is 2.30. The molecule has 2 saturated heterocycles. The number of rotatable bonds is 4. The molecule has 0 amide bonds. The Balaban J connectivity index is 1.57. The van der Waals surface area contributed by atoms with Gasteiger partial charge in [0.1, 0.15) is 0 Å². The molecule has 2 heteroatoms. The predicted molar refractivity (Wildman–Crippen MR) is 80.4 cm³/mol. The second-order valence-electron chi connectivity index (χ2n) is 6.04. The van der Waals surface area contributed by atoms with Crippen LogP contribution >= 0.6 is 0 Å². The van der Waals surface area contributed by atoms with Crippen LogP contribution < -0.4 is 5.32 Å². The highest BCUT2D eigenvalue weighted by atomic mass is 15.2. The molecule has 3 rings (SSSR count). The summed E-state index contributed by atoms with van der Waals surface area (Å²) < 4.78 is 0. The molecule has 1 aromatic rings.